The largest absolute Gasteiger partial charge is 0.478 e. The molecule has 0 radical (unpaired) electrons. The fourth-order valence-electron chi connectivity index (χ4n) is 1.13. The first-order valence-electron chi connectivity index (χ1n) is 4.82. The average molecular weight is 268 g/mol. The van der Waals surface area contributed by atoms with E-state index < -0.39 is 17.7 Å². The first-order chi connectivity index (χ1) is 8.54. The van der Waals surface area contributed by atoms with Gasteiger partial charge in [-0.2, -0.15) is 5.26 Å². The smallest absolute Gasteiger partial charge is 0.335 e. The minimum Gasteiger partial charge on any atom is -0.478 e. The molecule has 0 aromatic heterocycles. The molecule has 0 fully saturated rings. The summed E-state index contributed by atoms with van der Waals surface area (Å²) in [4.78, 5) is 22.1. The fourth-order valence-corrected chi connectivity index (χ4v) is 1.58. The highest BCUT2D eigenvalue weighted by atomic mass is 32.2. The van der Waals surface area contributed by atoms with Crippen LogP contribution < -0.4 is 5.32 Å². The second kappa shape index (κ2) is 6.61. The van der Waals surface area contributed by atoms with E-state index in [0.29, 0.717) is 0 Å². The Morgan fingerprint density at radius 1 is 1.50 bits per heavy atom. The molecule has 1 amide bonds. The lowest BCUT2D eigenvalue weighted by Gasteiger charge is -2.06. The van der Waals surface area contributed by atoms with Crippen LogP contribution in [-0.2, 0) is 4.79 Å². The third kappa shape index (κ3) is 4.07. The highest BCUT2D eigenvalue weighted by Crippen LogP contribution is 2.16. The zero-order chi connectivity index (χ0) is 13.5. The number of carbonyl (C=O) groups excluding carboxylic acids is 1. The molecular weight excluding hydrogens is 259 g/mol. The van der Waals surface area contributed by atoms with Crippen molar-refractivity contribution in [1.29, 1.82) is 5.26 Å². The van der Waals surface area contributed by atoms with Gasteiger partial charge < -0.3 is 10.4 Å². The molecule has 1 aromatic rings. The molecule has 0 aliphatic heterocycles. The summed E-state index contributed by atoms with van der Waals surface area (Å²) in [5, 5.41) is 19.3. The molecule has 7 heteroatoms. The molecule has 0 heterocycles. The lowest BCUT2D eigenvalue weighted by Crippen LogP contribution is -2.15. The van der Waals surface area contributed by atoms with Gasteiger partial charge >= 0.3 is 5.97 Å². The highest BCUT2D eigenvalue weighted by molar-refractivity contribution is 8.00. The van der Waals surface area contributed by atoms with Gasteiger partial charge in [0.15, 0.2) is 0 Å². The second-order valence-electron chi connectivity index (χ2n) is 3.20. The van der Waals surface area contributed by atoms with Crippen LogP contribution in [0.25, 0.3) is 0 Å². The number of carbonyl (C=O) groups is 2. The fraction of sp³-hybridized carbons (Fsp3) is 0.182. The van der Waals surface area contributed by atoms with Gasteiger partial charge in [-0.25, -0.2) is 9.18 Å². The highest BCUT2D eigenvalue weighted by Gasteiger charge is 2.10. The van der Waals surface area contributed by atoms with Crippen LogP contribution in [0.4, 0.5) is 10.1 Å². The van der Waals surface area contributed by atoms with Crippen molar-refractivity contribution in [1.82, 2.24) is 0 Å². The molecule has 0 bridgehead atoms. The number of hydrogen-bond acceptors (Lipinski definition) is 4. The monoisotopic (exact) mass is 268 g/mol. The van der Waals surface area contributed by atoms with Gasteiger partial charge in [-0.15, -0.1) is 11.8 Å². The predicted molar refractivity (Wildman–Crippen MR) is 64.9 cm³/mol. The second-order valence-corrected chi connectivity index (χ2v) is 4.18. The van der Waals surface area contributed by atoms with Gasteiger partial charge in [0, 0.05) is 0 Å². The van der Waals surface area contributed by atoms with Crippen molar-refractivity contribution in [2.45, 2.75) is 0 Å². The summed E-state index contributed by atoms with van der Waals surface area (Å²) in [6.45, 7) is 0. The maximum atomic E-state index is 13.3. The summed E-state index contributed by atoms with van der Waals surface area (Å²) < 4.78 is 13.3. The molecule has 1 rings (SSSR count). The number of thioether (sulfide) groups is 1. The Morgan fingerprint density at radius 3 is 2.83 bits per heavy atom. The van der Waals surface area contributed by atoms with E-state index in [9.17, 15) is 14.0 Å². The molecule has 18 heavy (non-hydrogen) atoms. The SMILES string of the molecule is N#CCSCC(=O)Nc1cc(C(=O)O)ccc1F. The van der Waals surface area contributed by atoms with Crippen molar-refractivity contribution in [3.05, 3.63) is 29.6 Å². The number of nitrogens with zero attached hydrogens (tertiary/aromatic N) is 1. The maximum Gasteiger partial charge on any atom is 0.335 e. The summed E-state index contributed by atoms with van der Waals surface area (Å²) in [7, 11) is 0. The number of anilines is 1. The van der Waals surface area contributed by atoms with E-state index in [4.69, 9.17) is 10.4 Å². The van der Waals surface area contributed by atoms with Gasteiger partial charge in [0.25, 0.3) is 0 Å². The van der Waals surface area contributed by atoms with Gasteiger partial charge in [-0.3, -0.25) is 4.79 Å². The molecule has 0 unspecified atom stereocenters. The molecule has 5 nitrogen and oxygen atoms in total. The minimum absolute atomic E-state index is 0.00426. The number of carboxylic acids is 1. The normalized spacial score (nSPS) is 9.56. The Balaban J connectivity index is 2.72. The topological polar surface area (TPSA) is 90.2 Å². The van der Waals surface area contributed by atoms with Crippen LogP contribution in [0.1, 0.15) is 10.4 Å². The van der Waals surface area contributed by atoms with Crippen LogP contribution in [0, 0.1) is 17.1 Å². The zero-order valence-electron chi connectivity index (χ0n) is 9.14. The summed E-state index contributed by atoms with van der Waals surface area (Å²) in [6.07, 6.45) is 0. The standard InChI is InChI=1S/C11H9FN2O3S/c12-8-2-1-7(11(16)17)5-9(8)14-10(15)6-18-4-3-13/h1-2,5H,4,6H2,(H,14,15)(H,16,17). The molecule has 0 aliphatic carbocycles. The Kier molecular flexibility index (Phi) is 5.14. The number of halogens is 1. The third-order valence-electron chi connectivity index (χ3n) is 1.89. The van der Waals surface area contributed by atoms with Gasteiger partial charge in [0.1, 0.15) is 5.82 Å². The van der Waals surface area contributed by atoms with Crippen molar-refractivity contribution >= 4 is 29.3 Å². The molecule has 94 valence electrons. The summed E-state index contributed by atoms with van der Waals surface area (Å²) >= 11 is 1.09. The lowest BCUT2D eigenvalue weighted by atomic mass is 10.2. The van der Waals surface area contributed by atoms with Crippen LogP contribution in [0.5, 0.6) is 0 Å². The molecule has 0 aliphatic rings. The van der Waals surface area contributed by atoms with Crippen molar-refractivity contribution in [3.63, 3.8) is 0 Å². The lowest BCUT2D eigenvalue weighted by molar-refractivity contribution is -0.113. The van der Waals surface area contributed by atoms with E-state index >= 15 is 0 Å². The van der Waals surface area contributed by atoms with Crippen molar-refractivity contribution in [2.75, 3.05) is 16.8 Å². The van der Waals surface area contributed by atoms with Crippen LogP contribution in [0.3, 0.4) is 0 Å². The zero-order valence-corrected chi connectivity index (χ0v) is 9.96. The van der Waals surface area contributed by atoms with Gasteiger partial charge in [-0.1, -0.05) is 0 Å². The van der Waals surface area contributed by atoms with E-state index in [-0.39, 0.29) is 22.8 Å². The van der Waals surface area contributed by atoms with Crippen LogP contribution >= 0.6 is 11.8 Å². The van der Waals surface area contributed by atoms with E-state index in [1.54, 1.807) is 0 Å². The molecule has 1 aromatic carbocycles. The Hall–Kier alpha value is -2.07. The summed E-state index contributed by atoms with van der Waals surface area (Å²) in [5.74, 6) is -2.24. The minimum atomic E-state index is -1.20. The predicted octanol–water partition coefficient (Wildman–Crippen LogP) is 1.72. The molecular formula is C11H9FN2O3S. The van der Waals surface area contributed by atoms with Crippen LogP contribution in [0.15, 0.2) is 18.2 Å². The molecule has 0 saturated carbocycles. The number of hydrogen-bond donors (Lipinski definition) is 2. The van der Waals surface area contributed by atoms with Crippen molar-refractivity contribution < 1.29 is 19.1 Å². The number of amides is 1. The number of nitrogens with one attached hydrogen (secondary N) is 1. The number of benzene rings is 1. The first-order valence-corrected chi connectivity index (χ1v) is 5.97. The van der Waals surface area contributed by atoms with E-state index in [0.717, 1.165) is 30.0 Å². The van der Waals surface area contributed by atoms with Crippen LogP contribution in [0.2, 0.25) is 0 Å². The molecule has 0 atom stereocenters. The van der Waals surface area contributed by atoms with E-state index in [2.05, 4.69) is 5.32 Å². The van der Waals surface area contributed by atoms with E-state index in [1.807, 2.05) is 6.07 Å². The Labute approximate surface area is 107 Å². The number of nitriles is 1. The quantitative estimate of drug-likeness (QED) is 0.793. The Bertz CT molecular complexity index is 514. The maximum absolute atomic E-state index is 13.3. The average Bonchev–Trinajstić information content (AvgIpc) is 2.32. The summed E-state index contributed by atoms with van der Waals surface area (Å²) in [6, 6.07) is 4.98. The Morgan fingerprint density at radius 2 is 2.22 bits per heavy atom. The van der Waals surface area contributed by atoms with Crippen molar-refractivity contribution in [3.8, 4) is 6.07 Å². The van der Waals surface area contributed by atoms with Crippen LogP contribution in [-0.4, -0.2) is 28.5 Å². The van der Waals surface area contributed by atoms with Gasteiger partial charge in [0.05, 0.1) is 28.8 Å². The number of aromatic carboxylic acids is 1. The van der Waals surface area contributed by atoms with Gasteiger partial charge in [-0.05, 0) is 18.2 Å². The van der Waals surface area contributed by atoms with E-state index in [1.165, 1.54) is 0 Å². The van der Waals surface area contributed by atoms with Gasteiger partial charge in [0.2, 0.25) is 5.91 Å². The molecule has 0 spiro atoms. The molecule has 2 N–H and O–H groups in total. The van der Waals surface area contributed by atoms with Crippen molar-refractivity contribution in [2.24, 2.45) is 0 Å². The number of carboxylic acid groups (broad SMARTS) is 1. The third-order valence-corrected chi connectivity index (χ3v) is 2.69. The first kappa shape index (κ1) is 14.0. The summed E-state index contributed by atoms with van der Waals surface area (Å²) in [5.41, 5.74) is -0.297. The molecule has 0 saturated heterocycles. The number of rotatable bonds is 5.